The Bertz CT molecular complexity index is 725. The van der Waals surface area contributed by atoms with Crippen LogP contribution in [0.1, 0.15) is 23.5 Å². The summed E-state index contributed by atoms with van der Waals surface area (Å²) in [5.74, 6) is -0.149. The fourth-order valence-electron chi connectivity index (χ4n) is 3.32. The number of allylic oxidation sites excluding steroid dienone is 1. The van der Waals surface area contributed by atoms with Crippen LogP contribution in [-0.2, 0) is 4.74 Å². The lowest BCUT2D eigenvalue weighted by Crippen LogP contribution is -2.36. The second-order valence-electron chi connectivity index (χ2n) is 6.47. The molecule has 2 aromatic carbocycles. The van der Waals surface area contributed by atoms with E-state index in [2.05, 4.69) is 23.1 Å². The van der Waals surface area contributed by atoms with E-state index in [0.717, 1.165) is 29.9 Å². The number of benzene rings is 2. The van der Waals surface area contributed by atoms with Gasteiger partial charge in [-0.15, -0.1) is 0 Å². The summed E-state index contributed by atoms with van der Waals surface area (Å²) in [6, 6.07) is 19.9. The van der Waals surface area contributed by atoms with Crippen molar-refractivity contribution in [1.29, 1.82) is 0 Å². The molecule has 0 saturated carbocycles. The van der Waals surface area contributed by atoms with Crippen LogP contribution in [0.3, 0.4) is 0 Å². The lowest BCUT2D eigenvalue weighted by atomic mass is 9.93. The van der Waals surface area contributed by atoms with E-state index in [4.69, 9.17) is 4.74 Å². The third-order valence-electron chi connectivity index (χ3n) is 4.65. The molecule has 0 spiro atoms. The Morgan fingerprint density at radius 2 is 1.69 bits per heavy atom. The van der Waals surface area contributed by atoms with Gasteiger partial charge in [0.2, 0.25) is 6.54 Å². The van der Waals surface area contributed by atoms with E-state index >= 15 is 0 Å². The van der Waals surface area contributed by atoms with Gasteiger partial charge in [0.15, 0.2) is 0 Å². The van der Waals surface area contributed by atoms with E-state index in [1.165, 1.54) is 0 Å². The minimum absolute atomic E-state index is 0.0690. The van der Waals surface area contributed by atoms with E-state index in [-0.39, 0.29) is 17.4 Å². The number of morpholine rings is 1. The zero-order valence-electron chi connectivity index (χ0n) is 14.8. The first-order valence-electron chi connectivity index (χ1n) is 8.97. The lowest BCUT2D eigenvalue weighted by molar-refractivity contribution is -0.483. The van der Waals surface area contributed by atoms with Crippen LogP contribution in [0.25, 0.3) is 6.08 Å². The van der Waals surface area contributed by atoms with E-state index < -0.39 is 0 Å². The summed E-state index contributed by atoms with van der Waals surface area (Å²) in [4.78, 5) is 13.3. The summed E-state index contributed by atoms with van der Waals surface area (Å²) in [6.07, 6.45) is 2.79. The van der Waals surface area contributed by atoms with Crippen molar-refractivity contribution in [3.05, 3.63) is 87.6 Å². The maximum atomic E-state index is 11.3. The third-order valence-corrected chi connectivity index (χ3v) is 4.65. The van der Waals surface area contributed by atoms with Gasteiger partial charge >= 0.3 is 0 Å². The minimum atomic E-state index is -0.211. The van der Waals surface area contributed by atoms with Gasteiger partial charge in [0.1, 0.15) is 0 Å². The molecular formula is C21H24N2O3. The highest BCUT2D eigenvalue weighted by molar-refractivity contribution is 5.52. The quantitative estimate of drug-likeness (QED) is 0.562. The molecule has 0 radical (unpaired) electrons. The number of ether oxygens (including phenoxy) is 1. The fourth-order valence-corrected chi connectivity index (χ4v) is 3.32. The smallest absolute Gasteiger partial charge is 0.211 e. The predicted molar refractivity (Wildman–Crippen MR) is 102 cm³/mol. The molecule has 1 saturated heterocycles. The highest BCUT2D eigenvalue weighted by Crippen LogP contribution is 2.28. The molecule has 1 heterocycles. The molecule has 136 valence electrons. The van der Waals surface area contributed by atoms with Crippen LogP contribution in [0.5, 0.6) is 0 Å². The van der Waals surface area contributed by atoms with Crippen LogP contribution in [0, 0.1) is 10.1 Å². The average Bonchev–Trinajstić information content (AvgIpc) is 2.69. The molecule has 0 N–H and O–H groups in total. The Morgan fingerprint density at radius 3 is 2.31 bits per heavy atom. The zero-order chi connectivity index (χ0) is 18.2. The first kappa shape index (κ1) is 18.1. The van der Waals surface area contributed by atoms with Crippen LogP contribution < -0.4 is 0 Å². The largest absolute Gasteiger partial charge is 0.378 e. The highest BCUT2D eigenvalue weighted by Gasteiger charge is 2.23. The Labute approximate surface area is 154 Å². The van der Waals surface area contributed by atoms with Crippen molar-refractivity contribution in [3.8, 4) is 0 Å². The summed E-state index contributed by atoms with van der Waals surface area (Å²) < 4.78 is 5.48. The molecule has 0 amide bonds. The van der Waals surface area contributed by atoms with Gasteiger partial charge in [0, 0.05) is 30.1 Å². The topological polar surface area (TPSA) is 55.6 Å². The molecule has 1 aliphatic rings. The van der Waals surface area contributed by atoms with Crippen LogP contribution in [-0.4, -0.2) is 42.7 Å². The molecular weight excluding hydrogens is 328 g/mol. The fraction of sp³-hybridized carbons (Fsp3) is 0.333. The molecule has 1 fully saturated rings. The third kappa shape index (κ3) is 5.17. The van der Waals surface area contributed by atoms with Gasteiger partial charge in [-0.1, -0.05) is 60.7 Å². The summed E-state index contributed by atoms with van der Waals surface area (Å²) in [6.45, 7) is 2.95. The van der Waals surface area contributed by atoms with E-state index in [1.807, 2.05) is 48.5 Å². The molecule has 2 aromatic rings. The van der Waals surface area contributed by atoms with Crippen LogP contribution in [0.15, 0.2) is 66.4 Å². The number of hydrogen-bond acceptors (Lipinski definition) is 4. The maximum Gasteiger partial charge on any atom is 0.211 e. The Balaban J connectivity index is 1.89. The summed E-state index contributed by atoms with van der Waals surface area (Å²) in [5.41, 5.74) is 3.26. The molecule has 1 atom stereocenters. The van der Waals surface area contributed by atoms with Crippen LogP contribution in [0.2, 0.25) is 0 Å². The molecule has 3 rings (SSSR count). The van der Waals surface area contributed by atoms with Crippen LogP contribution >= 0.6 is 0 Å². The minimum Gasteiger partial charge on any atom is -0.378 e. The number of rotatable bonds is 7. The Morgan fingerprint density at radius 1 is 1.08 bits per heavy atom. The van der Waals surface area contributed by atoms with Crippen molar-refractivity contribution in [2.24, 2.45) is 0 Å². The predicted octanol–water partition coefficient (Wildman–Crippen LogP) is 3.81. The number of nitro groups is 1. The maximum absolute atomic E-state index is 11.3. The number of nitrogens with zero attached hydrogens (tertiary/aromatic N) is 2. The van der Waals surface area contributed by atoms with Crippen LogP contribution in [0.4, 0.5) is 0 Å². The second-order valence-corrected chi connectivity index (χ2v) is 6.47. The van der Waals surface area contributed by atoms with Gasteiger partial charge in [-0.25, -0.2) is 0 Å². The van der Waals surface area contributed by atoms with Crippen molar-refractivity contribution in [2.45, 2.75) is 12.3 Å². The van der Waals surface area contributed by atoms with Crippen molar-refractivity contribution in [3.63, 3.8) is 0 Å². The van der Waals surface area contributed by atoms with Crippen molar-refractivity contribution in [1.82, 2.24) is 4.90 Å². The van der Waals surface area contributed by atoms with Gasteiger partial charge in [-0.05, 0) is 17.2 Å². The molecule has 5 heteroatoms. The van der Waals surface area contributed by atoms with Gasteiger partial charge in [0.05, 0.1) is 19.1 Å². The van der Waals surface area contributed by atoms with Gasteiger partial charge in [0.25, 0.3) is 0 Å². The van der Waals surface area contributed by atoms with Gasteiger partial charge in [-0.3, -0.25) is 10.1 Å². The van der Waals surface area contributed by atoms with Crippen molar-refractivity contribution in [2.75, 3.05) is 32.8 Å². The molecule has 5 nitrogen and oxygen atoms in total. The van der Waals surface area contributed by atoms with Crippen molar-refractivity contribution >= 4 is 6.08 Å². The normalized spacial score (nSPS) is 16.3. The molecule has 26 heavy (non-hydrogen) atoms. The first-order chi connectivity index (χ1) is 12.7. The average molecular weight is 352 g/mol. The molecule has 0 aliphatic carbocycles. The highest BCUT2D eigenvalue weighted by atomic mass is 16.6. The first-order valence-corrected chi connectivity index (χ1v) is 8.97. The zero-order valence-corrected chi connectivity index (χ0v) is 14.8. The number of hydrogen-bond donors (Lipinski definition) is 0. The summed E-state index contributed by atoms with van der Waals surface area (Å²) >= 11 is 0. The Hall–Kier alpha value is -2.66. The summed E-state index contributed by atoms with van der Waals surface area (Å²) in [5, 5.41) is 11.3. The molecule has 1 unspecified atom stereocenters. The van der Waals surface area contributed by atoms with E-state index in [0.29, 0.717) is 19.6 Å². The lowest BCUT2D eigenvalue weighted by Gasteiger charge is -2.32. The molecule has 1 aliphatic heterocycles. The Kier molecular flexibility index (Phi) is 6.39. The van der Waals surface area contributed by atoms with Crippen molar-refractivity contribution < 1.29 is 9.66 Å². The second kappa shape index (κ2) is 9.15. The summed E-state index contributed by atoms with van der Waals surface area (Å²) in [7, 11) is 0. The van der Waals surface area contributed by atoms with E-state index in [1.54, 1.807) is 0 Å². The monoisotopic (exact) mass is 352 g/mol. The molecule has 0 bridgehead atoms. The molecule has 0 aromatic heterocycles. The van der Waals surface area contributed by atoms with Gasteiger partial charge in [-0.2, -0.15) is 0 Å². The van der Waals surface area contributed by atoms with Gasteiger partial charge < -0.3 is 9.64 Å². The standard InChI is InChI=1S/C21H24N2O3/c24-23(25)17-20(19-9-5-2-6-10-19)16-21(22-11-13-26-14-12-22)15-18-7-3-1-4-8-18/h1-10,15,20H,11-14,16-17H2/b21-15+. The SMILES string of the molecule is O=[N+]([O-])CC(C/C(=C\c1ccccc1)N1CCOCC1)c1ccccc1. The van der Waals surface area contributed by atoms with E-state index in [9.17, 15) is 10.1 Å².